The predicted molar refractivity (Wildman–Crippen MR) is 102 cm³/mol. The number of nitrogens with one attached hydrogen (secondary N) is 3. The van der Waals surface area contributed by atoms with Gasteiger partial charge >= 0.3 is 0 Å². The standard InChI is InChI=1S/C18H17N7O2/c1-26-14-8-7-11(9-15(14)27-2)21-16-19-10-20-17(24-16)25-18-22-12-5-3-4-6-13(12)23-18/h3-10H,1-2H3,(H3,19,20,21,22,23,24,25). The van der Waals surface area contributed by atoms with Gasteiger partial charge in [-0.2, -0.15) is 4.98 Å². The van der Waals surface area contributed by atoms with E-state index in [0.717, 1.165) is 16.7 Å². The molecule has 0 unspecified atom stereocenters. The molecule has 0 aliphatic carbocycles. The summed E-state index contributed by atoms with van der Waals surface area (Å²) < 4.78 is 10.5. The summed E-state index contributed by atoms with van der Waals surface area (Å²) in [5, 5.41) is 6.16. The van der Waals surface area contributed by atoms with Crippen LogP contribution in [0.3, 0.4) is 0 Å². The molecule has 0 aliphatic heterocycles. The molecule has 4 rings (SSSR count). The third kappa shape index (κ3) is 3.56. The number of fused-ring (bicyclic) bond motifs is 1. The number of ether oxygens (including phenoxy) is 2. The second-order valence-electron chi connectivity index (χ2n) is 5.56. The number of hydrogen-bond donors (Lipinski definition) is 3. The monoisotopic (exact) mass is 363 g/mol. The lowest BCUT2D eigenvalue weighted by atomic mass is 10.3. The van der Waals surface area contributed by atoms with Crippen LogP contribution in [0, 0.1) is 0 Å². The lowest BCUT2D eigenvalue weighted by molar-refractivity contribution is 0.355. The molecule has 0 atom stereocenters. The number of rotatable bonds is 6. The SMILES string of the molecule is COc1ccc(Nc2ncnc(Nc3nc4ccccc4[nH]3)n2)cc1OC. The van der Waals surface area contributed by atoms with Gasteiger partial charge in [0.05, 0.1) is 25.3 Å². The Morgan fingerprint density at radius 2 is 1.63 bits per heavy atom. The van der Waals surface area contributed by atoms with Crippen LogP contribution in [-0.2, 0) is 0 Å². The fraction of sp³-hybridized carbons (Fsp3) is 0.111. The van der Waals surface area contributed by atoms with Gasteiger partial charge in [-0.25, -0.2) is 15.0 Å². The minimum Gasteiger partial charge on any atom is -0.493 e. The van der Waals surface area contributed by atoms with Crippen molar-refractivity contribution in [3.05, 3.63) is 48.8 Å². The van der Waals surface area contributed by atoms with Gasteiger partial charge in [0.15, 0.2) is 11.5 Å². The molecule has 0 fully saturated rings. The van der Waals surface area contributed by atoms with E-state index in [4.69, 9.17) is 9.47 Å². The van der Waals surface area contributed by atoms with E-state index in [0.29, 0.717) is 29.3 Å². The number of benzene rings is 2. The zero-order valence-electron chi connectivity index (χ0n) is 14.7. The van der Waals surface area contributed by atoms with Crippen LogP contribution in [0.25, 0.3) is 11.0 Å². The third-order valence-electron chi connectivity index (χ3n) is 3.83. The van der Waals surface area contributed by atoms with Crippen molar-refractivity contribution in [2.45, 2.75) is 0 Å². The third-order valence-corrected chi connectivity index (χ3v) is 3.83. The zero-order valence-corrected chi connectivity index (χ0v) is 14.7. The largest absolute Gasteiger partial charge is 0.493 e. The van der Waals surface area contributed by atoms with E-state index in [1.807, 2.05) is 30.3 Å². The first-order chi connectivity index (χ1) is 13.2. The Labute approximate surface area is 154 Å². The number of hydrogen-bond acceptors (Lipinski definition) is 8. The lowest BCUT2D eigenvalue weighted by Gasteiger charge is -2.10. The Balaban J connectivity index is 1.53. The summed E-state index contributed by atoms with van der Waals surface area (Å²) in [6, 6.07) is 13.2. The fourth-order valence-electron chi connectivity index (χ4n) is 2.58. The van der Waals surface area contributed by atoms with Crippen molar-refractivity contribution in [3.63, 3.8) is 0 Å². The summed E-state index contributed by atoms with van der Waals surface area (Å²) >= 11 is 0. The van der Waals surface area contributed by atoms with Crippen LogP contribution in [0.1, 0.15) is 0 Å². The molecule has 0 spiro atoms. The van der Waals surface area contributed by atoms with Crippen molar-refractivity contribution in [2.24, 2.45) is 0 Å². The first-order valence-corrected chi connectivity index (χ1v) is 8.15. The van der Waals surface area contributed by atoms with Gasteiger partial charge in [-0.15, -0.1) is 0 Å². The van der Waals surface area contributed by atoms with Crippen LogP contribution in [-0.4, -0.2) is 39.1 Å². The molecule has 0 saturated heterocycles. The highest BCUT2D eigenvalue weighted by Gasteiger charge is 2.08. The first-order valence-electron chi connectivity index (χ1n) is 8.15. The summed E-state index contributed by atoms with van der Waals surface area (Å²) in [5.74, 6) is 2.56. The summed E-state index contributed by atoms with van der Waals surface area (Å²) in [7, 11) is 3.17. The molecule has 9 heteroatoms. The van der Waals surface area contributed by atoms with Gasteiger partial charge < -0.3 is 19.8 Å². The Bertz CT molecular complexity index is 1050. The van der Waals surface area contributed by atoms with Crippen LogP contribution in [0.2, 0.25) is 0 Å². The van der Waals surface area contributed by atoms with Crippen LogP contribution in [0.5, 0.6) is 11.5 Å². The van der Waals surface area contributed by atoms with E-state index in [2.05, 4.69) is 35.6 Å². The zero-order chi connectivity index (χ0) is 18.6. The average molecular weight is 363 g/mol. The van der Waals surface area contributed by atoms with Gasteiger partial charge in [-0.3, -0.25) is 5.32 Å². The number of para-hydroxylation sites is 2. The second kappa shape index (κ2) is 7.16. The Morgan fingerprint density at radius 1 is 0.852 bits per heavy atom. The minimum atomic E-state index is 0.368. The molecule has 0 radical (unpaired) electrons. The molecule has 0 bridgehead atoms. The fourth-order valence-corrected chi connectivity index (χ4v) is 2.58. The van der Waals surface area contributed by atoms with Crippen LogP contribution < -0.4 is 20.1 Å². The molecule has 0 aliphatic rings. The molecule has 4 aromatic rings. The summed E-state index contributed by atoms with van der Waals surface area (Å²) in [6.07, 6.45) is 1.42. The highest BCUT2D eigenvalue weighted by molar-refractivity contribution is 5.77. The van der Waals surface area contributed by atoms with Gasteiger partial charge in [0, 0.05) is 11.8 Å². The van der Waals surface area contributed by atoms with Gasteiger partial charge in [0.2, 0.25) is 17.8 Å². The van der Waals surface area contributed by atoms with Crippen molar-refractivity contribution in [3.8, 4) is 11.5 Å². The number of H-pyrrole nitrogens is 1. The van der Waals surface area contributed by atoms with Crippen molar-refractivity contribution < 1.29 is 9.47 Å². The number of anilines is 4. The average Bonchev–Trinajstić information content (AvgIpc) is 3.10. The van der Waals surface area contributed by atoms with E-state index in [1.54, 1.807) is 26.4 Å². The normalized spacial score (nSPS) is 10.6. The number of aromatic nitrogens is 5. The summed E-state index contributed by atoms with van der Waals surface area (Å²) in [6.45, 7) is 0. The molecule has 136 valence electrons. The highest BCUT2D eigenvalue weighted by Crippen LogP contribution is 2.30. The highest BCUT2D eigenvalue weighted by atomic mass is 16.5. The molecule has 9 nitrogen and oxygen atoms in total. The van der Waals surface area contributed by atoms with Crippen molar-refractivity contribution in [1.82, 2.24) is 24.9 Å². The van der Waals surface area contributed by atoms with Crippen LogP contribution in [0.15, 0.2) is 48.8 Å². The van der Waals surface area contributed by atoms with Crippen LogP contribution in [0.4, 0.5) is 23.5 Å². The van der Waals surface area contributed by atoms with Gasteiger partial charge in [0.1, 0.15) is 6.33 Å². The molecule has 27 heavy (non-hydrogen) atoms. The van der Waals surface area contributed by atoms with E-state index in [1.165, 1.54) is 6.33 Å². The molecule has 3 N–H and O–H groups in total. The first kappa shape index (κ1) is 16.6. The Hall–Kier alpha value is -3.88. The van der Waals surface area contributed by atoms with Crippen molar-refractivity contribution in [1.29, 1.82) is 0 Å². The molecular formula is C18H17N7O2. The second-order valence-corrected chi connectivity index (χ2v) is 5.56. The van der Waals surface area contributed by atoms with E-state index < -0.39 is 0 Å². The maximum Gasteiger partial charge on any atom is 0.234 e. The molecule has 0 amide bonds. The summed E-state index contributed by atoms with van der Waals surface area (Å²) in [5.41, 5.74) is 2.55. The van der Waals surface area contributed by atoms with E-state index in [9.17, 15) is 0 Å². The molecule has 2 heterocycles. The van der Waals surface area contributed by atoms with E-state index in [-0.39, 0.29) is 0 Å². The predicted octanol–water partition coefficient (Wildman–Crippen LogP) is 3.25. The molecule has 0 saturated carbocycles. The topological polar surface area (TPSA) is 110 Å². The van der Waals surface area contributed by atoms with Gasteiger partial charge in [0.25, 0.3) is 0 Å². The molecule has 2 aromatic carbocycles. The smallest absolute Gasteiger partial charge is 0.234 e. The Morgan fingerprint density at radius 3 is 2.41 bits per heavy atom. The van der Waals surface area contributed by atoms with Gasteiger partial charge in [-0.1, -0.05) is 12.1 Å². The minimum absolute atomic E-state index is 0.368. The molecule has 2 aromatic heterocycles. The van der Waals surface area contributed by atoms with Crippen LogP contribution >= 0.6 is 0 Å². The number of methoxy groups -OCH3 is 2. The van der Waals surface area contributed by atoms with E-state index >= 15 is 0 Å². The number of aromatic amines is 1. The lowest BCUT2D eigenvalue weighted by Crippen LogP contribution is -2.03. The quantitative estimate of drug-likeness (QED) is 0.479. The van der Waals surface area contributed by atoms with Crippen molar-refractivity contribution >= 4 is 34.6 Å². The number of imidazole rings is 1. The van der Waals surface area contributed by atoms with Crippen molar-refractivity contribution in [2.75, 3.05) is 24.9 Å². The Kier molecular flexibility index (Phi) is 4.40. The maximum atomic E-state index is 5.30. The van der Waals surface area contributed by atoms with Gasteiger partial charge in [-0.05, 0) is 24.3 Å². The maximum absolute atomic E-state index is 5.30. The summed E-state index contributed by atoms with van der Waals surface area (Å²) in [4.78, 5) is 20.2. The number of nitrogens with zero attached hydrogens (tertiary/aromatic N) is 4. The molecular weight excluding hydrogens is 346 g/mol.